The monoisotopic (exact) mass is 259 g/mol. The predicted molar refractivity (Wildman–Crippen MR) is 74.6 cm³/mol. The minimum Gasteiger partial charge on any atom is -0.315 e. The summed E-state index contributed by atoms with van der Waals surface area (Å²) in [4.78, 5) is 27.4. The quantitative estimate of drug-likeness (QED) is 0.803. The molecule has 5 nitrogen and oxygen atoms in total. The third-order valence-electron chi connectivity index (χ3n) is 3.72. The molecule has 0 amide bonds. The lowest BCUT2D eigenvalue weighted by Gasteiger charge is -2.16. The Bertz CT molecular complexity index is 694. The van der Waals surface area contributed by atoms with E-state index in [2.05, 4.69) is 10.3 Å². The van der Waals surface area contributed by atoms with Crippen LogP contribution in [0, 0.1) is 0 Å². The highest BCUT2D eigenvalue weighted by Gasteiger charge is 2.18. The molecule has 1 aliphatic heterocycles. The number of benzene rings is 1. The Labute approximate surface area is 110 Å². The zero-order valence-electron chi connectivity index (χ0n) is 10.7. The van der Waals surface area contributed by atoms with E-state index < -0.39 is 0 Å². The summed E-state index contributed by atoms with van der Waals surface area (Å²) in [6.07, 6.45) is 3.00. The van der Waals surface area contributed by atoms with E-state index in [1.165, 1.54) is 4.57 Å². The fraction of sp³-hybridized carbons (Fsp3) is 0.429. The number of fused-ring (bicyclic) bond motifs is 1. The molecule has 1 aromatic heterocycles. The first kappa shape index (κ1) is 12.2. The Kier molecular flexibility index (Phi) is 3.21. The fourth-order valence-corrected chi connectivity index (χ4v) is 2.73. The van der Waals surface area contributed by atoms with Crippen molar-refractivity contribution in [3.63, 3.8) is 0 Å². The van der Waals surface area contributed by atoms with Crippen molar-refractivity contribution >= 4 is 10.9 Å². The summed E-state index contributed by atoms with van der Waals surface area (Å²) in [5.74, 6) is 0. The molecule has 1 fully saturated rings. The number of hydrogen-bond acceptors (Lipinski definition) is 3. The number of H-pyrrole nitrogens is 1. The molecule has 2 N–H and O–H groups in total. The van der Waals surface area contributed by atoms with Gasteiger partial charge in [-0.15, -0.1) is 0 Å². The molecule has 1 aliphatic rings. The van der Waals surface area contributed by atoms with Crippen LogP contribution >= 0.6 is 0 Å². The van der Waals surface area contributed by atoms with Crippen molar-refractivity contribution in [1.29, 1.82) is 0 Å². The van der Waals surface area contributed by atoms with E-state index in [0.29, 0.717) is 17.4 Å². The smallest absolute Gasteiger partial charge is 0.315 e. The van der Waals surface area contributed by atoms with Gasteiger partial charge in [0.15, 0.2) is 0 Å². The molecule has 2 aromatic rings. The van der Waals surface area contributed by atoms with E-state index in [9.17, 15) is 9.59 Å². The van der Waals surface area contributed by atoms with Crippen LogP contribution in [0.2, 0.25) is 0 Å². The van der Waals surface area contributed by atoms with E-state index in [1.54, 1.807) is 12.1 Å². The molecule has 1 saturated heterocycles. The van der Waals surface area contributed by atoms with Gasteiger partial charge in [-0.1, -0.05) is 18.6 Å². The molecule has 2 heterocycles. The lowest BCUT2D eigenvalue weighted by molar-refractivity contribution is 0.435. The second kappa shape index (κ2) is 5.01. The SMILES string of the molecule is O=c1[nH]c2ccccc2c(=O)n1C1CCCCNC1. The first-order valence-corrected chi connectivity index (χ1v) is 6.71. The number of aromatic nitrogens is 2. The average Bonchev–Trinajstić information content (AvgIpc) is 2.68. The van der Waals surface area contributed by atoms with Gasteiger partial charge in [-0.2, -0.15) is 0 Å². The van der Waals surface area contributed by atoms with Gasteiger partial charge in [-0.25, -0.2) is 4.79 Å². The van der Waals surface area contributed by atoms with Crippen molar-refractivity contribution in [3.8, 4) is 0 Å². The van der Waals surface area contributed by atoms with Gasteiger partial charge in [0.2, 0.25) is 0 Å². The Hall–Kier alpha value is -1.88. The highest BCUT2D eigenvalue weighted by molar-refractivity contribution is 5.76. The molecule has 0 spiro atoms. The van der Waals surface area contributed by atoms with E-state index in [-0.39, 0.29) is 17.3 Å². The van der Waals surface area contributed by atoms with Crippen LogP contribution in [-0.2, 0) is 0 Å². The number of rotatable bonds is 1. The molecule has 1 atom stereocenters. The molecule has 3 rings (SSSR count). The van der Waals surface area contributed by atoms with Crippen LogP contribution in [0.15, 0.2) is 33.9 Å². The fourth-order valence-electron chi connectivity index (χ4n) is 2.73. The molecule has 0 saturated carbocycles. The van der Waals surface area contributed by atoms with E-state index >= 15 is 0 Å². The molecule has 100 valence electrons. The average molecular weight is 259 g/mol. The van der Waals surface area contributed by atoms with Crippen LogP contribution in [0.3, 0.4) is 0 Å². The topological polar surface area (TPSA) is 66.9 Å². The van der Waals surface area contributed by atoms with Crippen molar-refractivity contribution in [1.82, 2.24) is 14.9 Å². The van der Waals surface area contributed by atoms with Gasteiger partial charge in [0.05, 0.1) is 16.9 Å². The minimum absolute atomic E-state index is 0.0524. The van der Waals surface area contributed by atoms with Gasteiger partial charge in [0.25, 0.3) is 5.56 Å². The van der Waals surface area contributed by atoms with Gasteiger partial charge in [0, 0.05) is 6.54 Å². The van der Waals surface area contributed by atoms with Crippen LogP contribution < -0.4 is 16.6 Å². The molecular weight excluding hydrogens is 242 g/mol. The molecule has 0 radical (unpaired) electrons. The summed E-state index contributed by atoms with van der Waals surface area (Å²) < 4.78 is 1.38. The maximum atomic E-state index is 12.5. The molecular formula is C14H17N3O2. The van der Waals surface area contributed by atoms with Gasteiger partial charge in [-0.3, -0.25) is 9.36 Å². The van der Waals surface area contributed by atoms with Gasteiger partial charge >= 0.3 is 5.69 Å². The first-order chi connectivity index (χ1) is 9.27. The lowest BCUT2D eigenvalue weighted by Crippen LogP contribution is -2.41. The predicted octanol–water partition coefficient (Wildman–Crippen LogP) is 1.00. The number of nitrogens with one attached hydrogen (secondary N) is 2. The summed E-state index contributed by atoms with van der Waals surface area (Å²) in [6.45, 7) is 1.64. The minimum atomic E-state index is -0.308. The summed E-state index contributed by atoms with van der Waals surface area (Å²) >= 11 is 0. The zero-order chi connectivity index (χ0) is 13.2. The van der Waals surface area contributed by atoms with Gasteiger partial charge in [0.1, 0.15) is 0 Å². The summed E-state index contributed by atoms with van der Waals surface area (Å²) in [5.41, 5.74) is 0.112. The van der Waals surface area contributed by atoms with Gasteiger partial charge < -0.3 is 10.3 Å². The molecule has 0 bridgehead atoms. The summed E-state index contributed by atoms with van der Waals surface area (Å²) in [7, 11) is 0. The highest BCUT2D eigenvalue weighted by Crippen LogP contribution is 2.14. The number of nitrogens with zero attached hydrogens (tertiary/aromatic N) is 1. The highest BCUT2D eigenvalue weighted by atomic mass is 16.2. The largest absolute Gasteiger partial charge is 0.329 e. The van der Waals surface area contributed by atoms with Crippen molar-refractivity contribution in [3.05, 3.63) is 45.1 Å². The maximum Gasteiger partial charge on any atom is 0.329 e. The Morgan fingerprint density at radius 2 is 2.00 bits per heavy atom. The van der Waals surface area contributed by atoms with Crippen molar-refractivity contribution in [2.24, 2.45) is 0 Å². The van der Waals surface area contributed by atoms with Crippen molar-refractivity contribution < 1.29 is 0 Å². The van der Waals surface area contributed by atoms with Crippen LogP contribution in [0.4, 0.5) is 0 Å². The standard InChI is InChI=1S/C14H17N3O2/c18-13-11-6-1-2-7-12(11)16-14(19)17(13)10-5-3-4-8-15-9-10/h1-2,6-7,10,15H,3-5,8-9H2,(H,16,19). The lowest BCUT2D eigenvalue weighted by atomic mass is 10.1. The van der Waals surface area contributed by atoms with Gasteiger partial charge in [-0.05, 0) is 31.5 Å². The Balaban J connectivity index is 2.17. The molecule has 19 heavy (non-hydrogen) atoms. The van der Waals surface area contributed by atoms with Crippen molar-refractivity contribution in [2.45, 2.75) is 25.3 Å². The van der Waals surface area contributed by atoms with Crippen LogP contribution in [0.1, 0.15) is 25.3 Å². The molecule has 1 unspecified atom stereocenters. The number of hydrogen-bond donors (Lipinski definition) is 2. The first-order valence-electron chi connectivity index (χ1n) is 6.71. The molecule has 1 aromatic carbocycles. The van der Waals surface area contributed by atoms with Crippen LogP contribution in [-0.4, -0.2) is 22.6 Å². The Morgan fingerprint density at radius 1 is 1.16 bits per heavy atom. The molecule has 0 aliphatic carbocycles. The maximum absolute atomic E-state index is 12.5. The normalized spacial score (nSPS) is 20.3. The Morgan fingerprint density at radius 3 is 2.89 bits per heavy atom. The van der Waals surface area contributed by atoms with E-state index in [0.717, 1.165) is 25.8 Å². The second-order valence-electron chi connectivity index (χ2n) is 5.00. The number of aromatic amines is 1. The number of para-hydroxylation sites is 1. The summed E-state index contributed by atoms with van der Waals surface area (Å²) in [6, 6.07) is 7.10. The van der Waals surface area contributed by atoms with E-state index in [4.69, 9.17) is 0 Å². The van der Waals surface area contributed by atoms with Crippen molar-refractivity contribution in [2.75, 3.05) is 13.1 Å². The third kappa shape index (κ3) is 2.21. The summed E-state index contributed by atoms with van der Waals surface area (Å²) in [5, 5.41) is 3.86. The van der Waals surface area contributed by atoms with Crippen LogP contribution in [0.5, 0.6) is 0 Å². The van der Waals surface area contributed by atoms with E-state index in [1.807, 2.05) is 12.1 Å². The third-order valence-corrected chi connectivity index (χ3v) is 3.72. The zero-order valence-corrected chi connectivity index (χ0v) is 10.7. The van der Waals surface area contributed by atoms with Crippen LogP contribution in [0.25, 0.3) is 10.9 Å². The second-order valence-corrected chi connectivity index (χ2v) is 5.00. The molecule has 5 heteroatoms.